The van der Waals surface area contributed by atoms with Crippen LogP contribution in [0.1, 0.15) is 5.56 Å². The minimum Gasteiger partial charge on any atom is -0.480 e. The highest BCUT2D eigenvalue weighted by Gasteiger charge is 2.16. The molecular formula is C13H17N3O4. The lowest BCUT2D eigenvalue weighted by Crippen LogP contribution is -2.43. The van der Waals surface area contributed by atoms with Gasteiger partial charge in [0.15, 0.2) is 0 Å². The van der Waals surface area contributed by atoms with Crippen molar-refractivity contribution in [2.75, 3.05) is 6.54 Å². The standard InChI is InChI=1S/C13H15N3O3.H2O/c14-10(13(19)16-7-12(17)18)5-8-6-15-11-4-2-1-3-9(8)11;/h1-4,6,10,15H,5,7,14H2,(H,16,19)(H,17,18);1H2/t10-;/m0./s1. The second-order valence-corrected chi connectivity index (χ2v) is 4.28. The Balaban J connectivity index is 0.00000200. The van der Waals surface area contributed by atoms with Gasteiger partial charge in [0, 0.05) is 17.1 Å². The van der Waals surface area contributed by atoms with Gasteiger partial charge in [0.25, 0.3) is 0 Å². The molecule has 0 radical (unpaired) electrons. The third kappa shape index (κ3) is 3.56. The highest BCUT2D eigenvalue weighted by Crippen LogP contribution is 2.18. The average Bonchev–Trinajstić information content (AvgIpc) is 2.79. The maximum atomic E-state index is 11.6. The first-order chi connectivity index (χ1) is 9.08. The summed E-state index contributed by atoms with van der Waals surface area (Å²) >= 11 is 0. The number of carbonyl (C=O) groups is 2. The number of carboxylic acid groups (broad SMARTS) is 1. The molecule has 20 heavy (non-hydrogen) atoms. The molecule has 0 unspecified atom stereocenters. The number of aliphatic carboxylic acids is 1. The highest BCUT2D eigenvalue weighted by molar-refractivity contribution is 5.87. The van der Waals surface area contributed by atoms with Crippen molar-refractivity contribution >= 4 is 22.8 Å². The maximum Gasteiger partial charge on any atom is 0.322 e. The third-order valence-corrected chi connectivity index (χ3v) is 2.87. The zero-order chi connectivity index (χ0) is 13.8. The van der Waals surface area contributed by atoms with Gasteiger partial charge in [0.1, 0.15) is 6.54 Å². The normalized spacial score (nSPS) is 11.7. The number of hydrogen-bond acceptors (Lipinski definition) is 3. The van der Waals surface area contributed by atoms with Gasteiger partial charge < -0.3 is 26.6 Å². The lowest BCUT2D eigenvalue weighted by molar-refractivity contribution is -0.138. The summed E-state index contributed by atoms with van der Waals surface area (Å²) in [7, 11) is 0. The van der Waals surface area contributed by atoms with E-state index in [0.29, 0.717) is 6.42 Å². The van der Waals surface area contributed by atoms with Crippen LogP contribution in [0.5, 0.6) is 0 Å². The minimum absolute atomic E-state index is 0. The van der Waals surface area contributed by atoms with Crippen molar-refractivity contribution in [3.05, 3.63) is 36.0 Å². The van der Waals surface area contributed by atoms with Crippen molar-refractivity contribution < 1.29 is 20.2 Å². The fraction of sp³-hybridized carbons (Fsp3) is 0.231. The molecule has 108 valence electrons. The number of nitrogens with two attached hydrogens (primary N) is 1. The van der Waals surface area contributed by atoms with E-state index in [1.807, 2.05) is 30.5 Å². The Morgan fingerprint density at radius 3 is 2.75 bits per heavy atom. The van der Waals surface area contributed by atoms with Crippen LogP contribution in [0.25, 0.3) is 10.9 Å². The van der Waals surface area contributed by atoms with Gasteiger partial charge in [0.2, 0.25) is 5.91 Å². The lowest BCUT2D eigenvalue weighted by Gasteiger charge is -2.10. The highest BCUT2D eigenvalue weighted by atomic mass is 16.4. The molecule has 0 spiro atoms. The van der Waals surface area contributed by atoms with E-state index in [1.54, 1.807) is 0 Å². The first-order valence-corrected chi connectivity index (χ1v) is 5.88. The third-order valence-electron chi connectivity index (χ3n) is 2.87. The van der Waals surface area contributed by atoms with Crippen molar-refractivity contribution in [3.8, 4) is 0 Å². The number of rotatable bonds is 5. The van der Waals surface area contributed by atoms with Crippen LogP contribution in [0.15, 0.2) is 30.5 Å². The summed E-state index contributed by atoms with van der Waals surface area (Å²) in [5.41, 5.74) is 7.69. The minimum atomic E-state index is -1.09. The van der Waals surface area contributed by atoms with Gasteiger partial charge in [-0.15, -0.1) is 0 Å². The van der Waals surface area contributed by atoms with Gasteiger partial charge in [0.05, 0.1) is 6.04 Å². The molecule has 0 fully saturated rings. The molecule has 0 aliphatic heterocycles. The number of carboxylic acids is 1. The number of para-hydroxylation sites is 1. The van der Waals surface area contributed by atoms with E-state index in [4.69, 9.17) is 10.8 Å². The fourth-order valence-corrected chi connectivity index (χ4v) is 1.92. The van der Waals surface area contributed by atoms with Crippen molar-refractivity contribution in [3.63, 3.8) is 0 Å². The van der Waals surface area contributed by atoms with Gasteiger partial charge in [-0.05, 0) is 18.1 Å². The number of benzene rings is 1. The Bertz CT molecular complexity index is 608. The van der Waals surface area contributed by atoms with E-state index >= 15 is 0 Å². The second kappa shape index (κ2) is 6.69. The summed E-state index contributed by atoms with van der Waals surface area (Å²) in [4.78, 5) is 25.1. The molecule has 0 bridgehead atoms. The number of amides is 1. The number of nitrogens with one attached hydrogen (secondary N) is 2. The van der Waals surface area contributed by atoms with E-state index in [-0.39, 0.29) is 5.48 Å². The Labute approximate surface area is 115 Å². The van der Waals surface area contributed by atoms with Crippen molar-refractivity contribution in [1.82, 2.24) is 10.3 Å². The van der Waals surface area contributed by atoms with E-state index in [0.717, 1.165) is 16.5 Å². The second-order valence-electron chi connectivity index (χ2n) is 4.28. The predicted octanol–water partition coefficient (Wildman–Crippen LogP) is -0.586. The van der Waals surface area contributed by atoms with Gasteiger partial charge in [-0.2, -0.15) is 0 Å². The van der Waals surface area contributed by atoms with Crippen LogP contribution < -0.4 is 11.1 Å². The summed E-state index contributed by atoms with van der Waals surface area (Å²) in [6, 6.07) is 6.95. The Hall–Kier alpha value is -2.38. The van der Waals surface area contributed by atoms with Crippen LogP contribution in [0.3, 0.4) is 0 Å². The quantitative estimate of drug-likeness (QED) is 0.580. The molecule has 0 aliphatic rings. The number of carbonyl (C=O) groups excluding carboxylic acids is 1. The van der Waals surface area contributed by atoms with E-state index in [2.05, 4.69) is 10.3 Å². The summed E-state index contributed by atoms with van der Waals surface area (Å²) in [6.45, 7) is -0.416. The van der Waals surface area contributed by atoms with E-state index in [9.17, 15) is 9.59 Å². The number of hydrogen-bond donors (Lipinski definition) is 4. The summed E-state index contributed by atoms with van der Waals surface area (Å²) < 4.78 is 0. The van der Waals surface area contributed by atoms with Crippen LogP contribution in [0.2, 0.25) is 0 Å². The summed E-state index contributed by atoms with van der Waals surface area (Å²) in [5, 5.41) is 11.8. The van der Waals surface area contributed by atoms with Crippen LogP contribution in [-0.4, -0.2) is 40.0 Å². The van der Waals surface area contributed by atoms with Gasteiger partial charge >= 0.3 is 5.97 Å². The zero-order valence-corrected chi connectivity index (χ0v) is 10.7. The molecule has 7 nitrogen and oxygen atoms in total. The molecule has 1 heterocycles. The van der Waals surface area contributed by atoms with Crippen molar-refractivity contribution in [1.29, 1.82) is 0 Å². The maximum absolute atomic E-state index is 11.6. The SMILES string of the molecule is N[C@@H](Cc1c[nH]c2ccccc12)C(=O)NCC(=O)O.O. The zero-order valence-electron chi connectivity index (χ0n) is 10.7. The van der Waals surface area contributed by atoms with Crippen molar-refractivity contribution in [2.24, 2.45) is 5.73 Å². The largest absolute Gasteiger partial charge is 0.480 e. The predicted molar refractivity (Wildman–Crippen MR) is 74.2 cm³/mol. The number of H-pyrrole nitrogens is 1. The lowest BCUT2D eigenvalue weighted by atomic mass is 10.1. The molecule has 7 heteroatoms. The number of fused-ring (bicyclic) bond motifs is 1. The molecule has 1 amide bonds. The summed E-state index contributed by atoms with van der Waals surface area (Å²) in [5.74, 6) is -1.56. The summed E-state index contributed by atoms with van der Waals surface area (Å²) in [6.07, 6.45) is 2.17. The average molecular weight is 279 g/mol. The molecule has 2 rings (SSSR count). The molecule has 1 atom stereocenters. The number of aromatic amines is 1. The molecule has 0 aliphatic carbocycles. The molecule has 0 saturated carbocycles. The molecule has 1 aromatic carbocycles. The van der Waals surface area contributed by atoms with Crippen LogP contribution in [0.4, 0.5) is 0 Å². The molecule has 0 saturated heterocycles. The van der Waals surface area contributed by atoms with Crippen LogP contribution in [-0.2, 0) is 16.0 Å². The smallest absolute Gasteiger partial charge is 0.322 e. The fourth-order valence-electron chi connectivity index (χ4n) is 1.92. The van der Waals surface area contributed by atoms with Gasteiger partial charge in [-0.3, -0.25) is 9.59 Å². The van der Waals surface area contributed by atoms with Gasteiger partial charge in [-0.25, -0.2) is 0 Å². The van der Waals surface area contributed by atoms with E-state index < -0.39 is 24.5 Å². The first kappa shape index (κ1) is 15.7. The first-order valence-electron chi connectivity index (χ1n) is 5.88. The molecular weight excluding hydrogens is 262 g/mol. The van der Waals surface area contributed by atoms with Crippen molar-refractivity contribution in [2.45, 2.75) is 12.5 Å². The Morgan fingerprint density at radius 2 is 2.05 bits per heavy atom. The molecule has 7 N–H and O–H groups in total. The molecule has 1 aromatic heterocycles. The van der Waals surface area contributed by atoms with Crippen LogP contribution >= 0.6 is 0 Å². The van der Waals surface area contributed by atoms with Gasteiger partial charge in [-0.1, -0.05) is 18.2 Å². The molecule has 2 aromatic rings. The topological polar surface area (TPSA) is 140 Å². The van der Waals surface area contributed by atoms with E-state index in [1.165, 1.54) is 0 Å². The van der Waals surface area contributed by atoms with Crippen LogP contribution in [0, 0.1) is 0 Å². The Kier molecular flexibility index (Phi) is 5.24. The Morgan fingerprint density at radius 1 is 1.35 bits per heavy atom. The monoisotopic (exact) mass is 279 g/mol. The number of aromatic nitrogens is 1.